The van der Waals surface area contributed by atoms with E-state index in [0.29, 0.717) is 12.0 Å². The van der Waals surface area contributed by atoms with Crippen LogP contribution in [-0.2, 0) is 6.42 Å². The lowest BCUT2D eigenvalue weighted by Crippen LogP contribution is -2.21. The zero-order valence-corrected chi connectivity index (χ0v) is 21.9. The Bertz CT molecular complexity index is 1280. The molecule has 2 aliphatic rings. The zero-order chi connectivity index (χ0) is 24.5. The van der Waals surface area contributed by atoms with E-state index >= 15 is 0 Å². The van der Waals surface area contributed by atoms with Gasteiger partial charge in [-0.3, -0.25) is 4.98 Å². The molecule has 0 unspecified atom stereocenters. The van der Waals surface area contributed by atoms with Gasteiger partial charge >= 0.3 is 0 Å². The molecule has 5 heteroatoms. The molecule has 1 fully saturated rings. The average molecular weight is 470 g/mol. The average Bonchev–Trinajstić information content (AvgIpc) is 3.14. The third kappa shape index (κ3) is 4.37. The minimum absolute atomic E-state index is 0.364. The van der Waals surface area contributed by atoms with Crippen molar-refractivity contribution in [3.63, 3.8) is 0 Å². The summed E-state index contributed by atoms with van der Waals surface area (Å²) < 4.78 is 2.49. The fourth-order valence-corrected chi connectivity index (χ4v) is 5.61. The summed E-state index contributed by atoms with van der Waals surface area (Å²) >= 11 is 0. The lowest BCUT2D eigenvalue weighted by Gasteiger charge is -2.26. The van der Waals surface area contributed by atoms with E-state index in [1.807, 2.05) is 6.20 Å². The highest BCUT2D eigenvalue weighted by Crippen LogP contribution is 2.41. The smallest absolute Gasteiger partial charge is 0.0942 e. The first-order valence-electron chi connectivity index (χ1n) is 13.4. The van der Waals surface area contributed by atoms with Gasteiger partial charge in [0.2, 0.25) is 0 Å². The molecule has 1 N–H and O–H groups in total. The summed E-state index contributed by atoms with van der Waals surface area (Å²) in [4.78, 5) is 12.5. The topological polar surface area (TPSA) is 46.0 Å². The number of nitrogens with zero attached hydrogens (tertiary/aromatic N) is 4. The second kappa shape index (κ2) is 9.88. The van der Waals surface area contributed by atoms with Gasteiger partial charge in [-0.25, -0.2) is 4.98 Å². The molecule has 0 atom stereocenters. The number of fused-ring (bicyclic) bond motifs is 1. The highest BCUT2D eigenvalue weighted by Gasteiger charge is 2.26. The third-order valence-corrected chi connectivity index (χ3v) is 7.68. The van der Waals surface area contributed by atoms with E-state index in [1.165, 1.54) is 52.9 Å². The largest absolute Gasteiger partial charge is 0.379 e. The van der Waals surface area contributed by atoms with E-state index in [1.54, 1.807) is 0 Å². The molecule has 0 spiro atoms. The standard InChI is InChI=1S/C30H39N5/c1-6-27-21(5)28-30(35(27)20(3)4)26(32-18-22-11-10-16-34(7-2)19-22)17-25(33-28)24-14-9-15-31-29(24)23-12-8-13-23/h9-11,14-15,17,19-20,23H,6-8,12-13,16,18H2,1-5H3,(H,32,33). The molecule has 0 saturated heterocycles. The summed E-state index contributed by atoms with van der Waals surface area (Å²) in [6.45, 7) is 14.0. The summed E-state index contributed by atoms with van der Waals surface area (Å²) in [5, 5.41) is 3.82. The molecule has 0 bridgehead atoms. The molecule has 184 valence electrons. The molecule has 1 aliphatic heterocycles. The molecule has 35 heavy (non-hydrogen) atoms. The highest BCUT2D eigenvalue weighted by molar-refractivity contribution is 5.95. The number of likely N-dealkylation sites (N-methyl/N-ethyl adjacent to an activating group) is 1. The third-order valence-electron chi connectivity index (χ3n) is 7.68. The Morgan fingerprint density at radius 2 is 2.03 bits per heavy atom. The van der Waals surface area contributed by atoms with Crippen molar-refractivity contribution < 1.29 is 0 Å². The fourth-order valence-electron chi connectivity index (χ4n) is 5.61. The van der Waals surface area contributed by atoms with Crippen LogP contribution in [0.4, 0.5) is 5.69 Å². The number of aromatic nitrogens is 3. The van der Waals surface area contributed by atoms with Crippen molar-refractivity contribution in [1.29, 1.82) is 0 Å². The minimum atomic E-state index is 0.364. The van der Waals surface area contributed by atoms with Crippen molar-refractivity contribution in [2.45, 2.75) is 72.3 Å². The predicted molar refractivity (Wildman–Crippen MR) is 147 cm³/mol. The summed E-state index contributed by atoms with van der Waals surface area (Å²) in [6.07, 6.45) is 13.5. The molecule has 0 amide bonds. The van der Waals surface area contributed by atoms with E-state index in [2.05, 4.69) is 86.0 Å². The van der Waals surface area contributed by atoms with Crippen molar-refractivity contribution in [2.24, 2.45) is 0 Å². The second-order valence-corrected chi connectivity index (χ2v) is 10.3. The van der Waals surface area contributed by atoms with Crippen LogP contribution in [-0.4, -0.2) is 39.1 Å². The Kier molecular flexibility index (Phi) is 6.68. The summed E-state index contributed by atoms with van der Waals surface area (Å²) in [6, 6.07) is 6.89. The van der Waals surface area contributed by atoms with Gasteiger partial charge in [-0.15, -0.1) is 0 Å². The van der Waals surface area contributed by atoms with Gasteiger partial charge < -0.3 is 14.8 Å². The SMILES string of the molecule is CCc1c(C)c2nc(-c3cccnc3C3CCC3)cc(NCC3=CN(CC)CC=C3)c2n1C(C)C. The Hall–Kier alpha value is -3.08. The molecular formula is C30H39N5. The first-order valence-corrected chi connectivity index (χ1v) is 13.4. The van der Waals surface area contributed by atoms with Crippen LogP contribution in [0.2, 0.25) is 0 Å². The molecule has 1 aliphatic carbocycles. The fraction of sp³-hybridized carbons (Fsp3) is 0.467. The Labute approximate surface area is 210 Å². The van der Waals surface area contributed by atoms with Crippen LogP contribution < -0.4 is 5.32 Å². The number of hydrogen-bond acceptors (Lipinski definition) is 4. The van der Waals surface area contributed by atoms with Gasteiger partial charge in [0.15, 0.2) is 0 Å². The normalized spacial score (nSPS) is 16.2. The van der Waals surface area contributed by atoms with Crippen molar-refractivity contribution in [1.82, 2.24) is 19.4 Å². The van der Waals surface area contributed by atoms with E-state index in [-0.39, 0.29) is 0 Å². The molecule has 5 nitrogen and oxygen atoms in total. The van der Waals surface area contributed by atoms with Crippen LogP contribution in [0, 0.1) is 6.92 Å². The first kappa shape index (κ1) is 23.7. The molecule has 4 heterocycles. The quantitative estimate of drug-likeness (QED) is 0.386. The molecular weight excluding hydrogens is 430 g/mol. The monoisotopic (exact) mass is 469 g/mol. The molecule has 3 aromatic heterocycles. The molecule has 0 aromatic carbocycles. The van der Waals surface area contributed by atoms with Gasteiger partial charge in [0.05, 0.1) is 28.1 Å². The van der Waals surface area contributed by atoms with Gasteiger partial charge in [-0.2, -0.15) is 0 Å². The number of pyridine rings is 2. The number of rotatable bonds is 8. The molecule has 5 rings (SSSR count). The summed E-state index contributed by atoms with van der Waals surface area (Å²) in [5.74, 6) is 0.560. The van der Waals surface area contributed by atoms with Crippen LogP contribution in [0.5, 0.6) is 0 Å². The van der Waals surface area contributed by atoms with Gasteiger partial charge in [0, 0.05) is 55.2 Å². The van der Waals surface area contributed by atoms with Crippen molar-refractivity contribution in [3.05, 3.63) is 65.3 Å². The lowest BCUT2D eigenvalue weighted by atomic mass is 9.80. The Morgan fingerprint density at radius 1 is 1.20 bits per heavy atom. The van der Waals surface area contributed by atoms with Crippen LogP contribution in [0.1, 0.15) is 75.9 Å². The predicted octanol–water partition coefficient (Wildman–Crippen LogP) is 7.01. The minimum Gasteiger partial charge on any atom is -0.379 e. The first-order chi connectivity index (χ1) is 17.0. The maximum atomic E-state index is 5.30. The van der Waals surface area contributed by atoms with Crippen molar-refractivity contribution in [2.75, 3.05) is 25.0 Å². The van der Waals surface area contributed by atoms with E-state index < -0.39 is 0 Å². The Morgan fingerprint density at radius 3 is 2.71 bits per heavy atom. The Balaban J connectivity index is 1.65. The molecule has 0 radical (unpaired) electrons. The van der Waals surface area contributed by atoms with E-state index in [4.69, 9.17) is 9.97 Å². The van der Waals surface area contributed by atoms with E-state index in [9.17, 15) is 0 Å². The zero-order valence-electron chi connectivity index (χ0n) is 21.9. The van der Waals surface area contributed by atoms with E-state index in [0.717, 1.165) is 43.0 Å². The molecule has 3 aromatic rings. The lowest BCUT2D eigenvalue weighted by molar-refractivity contribution is 0.412. The molecule has 1 saturated carbocycles. The van der Waals surface area contributed by atoms with Crippen molar-refractivity contribution in [3.8, 4) is 11.3 Å². The highest BCUT2D eigenvalue weighted by atomic mass is 15.1. The number of anilines is 1. The summed E-state index contributed by atoms with van der Waals surface area (Å²) in [5.41, 5.74) is 10.9. The van der Waals surface area contributed by atoms with Gasteiger partial charge in [0.1, 0.15) is 0 Å². The number of aryl methyl sites for hydroxylation is 1. The summed E-state index contributed by atoms with van der Waals surface area (Å²) in [7, 11) is 0. The van der Waals surface area contributed by atoms with Crippen LogP contribution in [0.3, 0.4) is 0 Å². The van der Waals surface area contributed by atoms with Crippen molar-refractivity contribution >= 4 is 16.7 Å². The van der Waals surface area contributed by atoms with Crippen LogP contribution in [0.15, 0.2) is 48.3 Å². The van der Waals surface area contributed by atoms with Crippen LogP contribution >= 0.6 is 0 Å². The van der Waals surface area contributed by atoms with Crippen LogP contribution in [0.25, 0.3) is 22.3 Å². The van der Waals surface area contributed by atoms with Gasteiger partial charge in [0.25, 0.3) is 0 Å². The number of hydrogen-bond donors (Lipinski definition) is 1. The number of nitrogens with one attached hydrogen (secondary N) is 1. The maximum absolute atomic E-state index is 5.30. The van der Waals surface area contributed by atoms with Gasteiger partial charge in [-0.1, -0.05) is 25.5 Å². The van der Waals surface area contributed by atoms with Gasteiger partial charge in [-0.05, 0) is 76.3 Å². The second-order valence-electron chi connectivity index (χ2n) is 10.3. The maximum Gasteiger partial charge on any atom is 0.0942 e.